The number of phenols is 1. The molecule has 6 nitrogen and oxygen atoms in total. The van der Waals surface area contributed by atoms with E-state index in [4.69, 9.17) is 10.5 Å². The lowest BCUT2D eigenvalue weighted by atomic mass is 10.1. The first-order valence-electron chi connectivity index (χ1n) is 6.44. The van der Waals surface area contributed by atoms with Gasteiger partial charge in [0.2, 0.25) is 0 Å². The molecule has 1 aromatic carbocycles. The zero-order chi connectivity index (χ0) is 16.4. The van der Waals surface area contributed by atoms with Gasteiger partial charge in [0.15, 0.2) is 11.6 Å². The Labute approximate surface area is 144 Å². The van der Waals surface area contributed by atoms with Gasteiger partial charge in [-0.1, -0.05) is 0 Å². The molecule has 0 unspecified atom stereocenters. The van der Waals surface area contributed by atoms with Crippen LogP contribution < -0.4 is 5.73 Å². The number of aromatic hydroxyl groups is 1. The molecule has 22 heavy (non-hydrogen) atoms. The molecular weight excluding hydrogens is 418 g/mol. The molecule has 1 amide bonds. The topological polar surface area (TPSA) is 88.2 Å². The van der Waals surface area contributed by atoms with Crippen LogP contribution in [0.2, 0.25) is 0 Å². The molecule has 118 valence electrons. The molecule has 2 rings (SSSR count). The number of ether oxygens (including phenoxy) is 1. The maximum Gasteiger partial charge on any atom is 0.259 e. The van der Waals surface area contributed by atoms with Crippen LogP contribution in [0, 0.1) is 0 Å². The van der Waals surface area contributed by atoms with Crippen LogP contribution in [-0.2, 0) is 4.74 Å². The van der Waals surface area contributed by atoms with E-state index in [1.54, 1.807) is 19.2 Å². The highest BCUT2D eigenvalue weighted by atomic mass is 79.9. The van der Waals surface area contributed by atoms with Crippen LogP contribution in [0.15, 0.2) is 38.0 Å². The quantitative estimate of drug-likeness (QED) is 0.713. The van der Waals surface area contributed by atoms with Gasteiger partial charge >= 0.3 is 0 Å². The fraction of sp³-hybridized carbons (Fsp3) is 0.286. The Morgan fingerprint density at radius 2 is 2.09 bits per heavy atom. The number of halogens is 2. The second-order valence-corrected chi connectivity index (χ2v) is 6.42. The van der Waals surface area contributed by atoms with Crippen molar-refractivity contribution < 1.29 is 14.6 Å². The lowest BCUT2D eigenvalue weighted by molar-refractivity contribution is 0.0626. The van der Waals surface area contributed by atoms with E-state index in [0.29, 0.717) is 32.6 Å². The van der Waals surface area contributed by atoms with Crippen LogP contribution in [0.25, 0.3) is 0 Å². The van der Waals surface area contributed by atoms with Crippen molar-refractivity contribution in [3.8, 4) is 5.75 Å². The number of phenolic OH excluding ortho intramolecular Hbond substituents is 1. The molecule has 3 N–H and O–H groups in total. The molecule has 1 fully saturated rings. The van der Waals surface area contributed by atoms with E-state index >= 15 is 0 Å². The van der Waals surface area contributed by atoms with Gasteiger partial charge in [-0.25, -0.2) is 0 Å². The summed E-state index contributed by atoms with van der Waals surface area (Å²) in [6.07, 6.45) is 1.09. The largest absolute Gasteiger partial charge is 0.506 e. The predicted octanol–water partition coefficient (Wildman–Crippen LogP) is 2.61. The number of benzene rings is 1. The number of rotatable bonds is 1. The normalized spacial score (nSPS) is 22.0. The molecule has 1 heterocycles. The molecule has 0 saturated carbocycles. The number of amides is 1. The van der Waals surface area contributed by atoms with Crippen molar-refractivity contribution in [1.29, 1.82) is 0 Å². The summed E-state index contributed by atoms with van der Waals surface area (Å²) in [5.41, 5.74) is 5.95. The first kappa shape index (κ1) is 16.8. The van der Waals surface area contributed by atoms with Crippen LogP contribution in [0.3, 0.4) is 0 Å². The third kappa shape index (κ3) is 3.12. The van der Waals surface area contributed by atoms with Crippen molar-refractivity contribution in [3.63, 3.8) is 0 Å². The Morgan fingerprint density at radius 3 is 2.59 bits per heavy atom. The van der Waals surface area contributed by atoms with Crippen molar-refractivity contribution in [2.75, 3.05) is 13.6 Å². The van der Waals surface area contributed by atoms with Gasteiger partial charge in [-0.3, -0.25) is 14.7 Å². The molecule has 1 aromatic rings. The van der Waals surface area contributed by atoms with Gasteiger partial charge in [0.25, 0.3) is 5.91 Å². The van der Waals surface area contributed by atoms with Gasteiger partial charge < -0.3 is 15.6 Å². The molecule has 0 radical (unpaired) electrons. The number of hydrogen-bond acceptors (Lipinski definition) is 5. The van der Waals surface area contributed by atoms with E-state index in [0.717, 1.165) is 0 Å². The average molecular weight is 433 g/mol. The molecule has 0 aliphatic carbocycles. The van der Waals surface area contributed by atoms with Crippen LogP contribution in [0.4, 0.5) is 0 Å². The van der Waals surface area contributed by atoms with Crippen molar-refractivity contribution in [2.24, 2.45) is 10.7 Å². The Morgan fingerprint density at radius 1 is 1.50 bits per heavy atom. The summed E-state index contributed by atoms with van der Waals surface area (Å²) in [6.45, 7) is 2.21. The molecule has 1 aliphatic heterocycles. The molecule has 0 spiro atoms. The van der Waals surface area contributed by atoms with Crippen LogP contribution >= 0.6 is 31.9 Å². The van der Waals surface area contributed by atoms with Gasteiger partial charge in [-0.15, -0.1) is 0 Å². The second-order valence-electron chi connectivity index (χ2n) is 4.71. The van der Waals surface area contributed by atoms with Crippen molar-refractivity contribution in [1.82, 2.24) is 4.90 Å². The van der Waals surface area contributed by atoms with Gasteiger partial charge in [-0.05, 0) is 50.9 Å². The molecule has 8 heteroatoms. The minimum absolute atomic E-state index is 0.0406. The van der Waals surface area contributed by atoms with Crippen LogP contribution in [0.1, 0.15) is 17.3 Å². The highest BCUT2D eigenvalue weighted by molar-refractivity contribution is 9.11. The monoisotopic (exact) mass is 431 g/mol. The third-order valence-electron chi connectivity index (χ3n) is 3.12. The van der Waals surface area contributed by atoms with E-state index in [-0.39, 0.29) is 17.8 Å². The molecule has 1 saturated heterocycles. The first-order valence-corrected chi connectivity index (χ1v) is 8.03. The van der Waals surface area contributed by atoms with Crippen LogP contribution in [-0.4, -0.2) is 41.4 Å². The van der Waals surface area contributed by atoms with Crippen molar-refractivity contribution in [2.45, 2.75) is 13.0 Å². The minimum atomic E-state index is -0.253. The summed E-state index contributed by atoms with van der Waals surface area (Å²) in [4.78, 5) is 18.4. The third-order valence-corrected chi connectivity index (χ3v) is 4.33. The Bertz CT molecular complexity index is 650. The smallest absolute Gasteiger partial charge is 0.259 e. The highest BCUT2D eigenvalue weighted by Gasteiger charge is 2.32. The average Bonchev–Trinajstić information content (AvgIpc) is 2.50. The zero-order valence-electron chi connectivity index (χ0n) is 12.0. The van der Waals surface area contributed by atoms with E-state index < -0.39 is 0 Å². The van der Waals surface area contributed by atoms with Gasteiger partial charge in [0, 0.05) is 18.8 Å². The highest BCUT2D eigenvalue weighted by Crippen LogP contribution is 2.34. The van der Waals surface area contributed by atoms with Gasteiger partial charge in [0.1, 0.15) is 11.9 Å². The number of carbonyl (C=O) groups excluding carboxylic acids is 1. The van der Waals surface area contributed by atoms with Gasteiger partial charge in [-0.2, -0.15) is 0 Å². The Balaban J connectivity index is 2.43. The van der Waals surface area contributed by atoms with Gasteiger partial charge in [0.05, 0.1) is 15.5 Å². The van der Waals surface area contributed by atoms with E-state index in [9.17, 15) is 9.90 Å². The second kappa shape index (κ2) is 6.70. The maximum absolute atomic E-state index is 12.8. The summed E-state index contributed by atoms with van der Waals surface area (Å²) in [6, 6.07) is 3.11. The number of nitrogens with zero attached hydrogens (tertiary/aromatic N) is 2. The molecule has 0 aromatic heterocycles. The molecule has 1 aliphatic rings. The number of hydrogen-bond donors (Lipinski definition) is 2. The zero-order valence-corrected chi connectivity index (χ0v) is 15.2. The molecule has 0 bridgehead atoms. The Hall–Kier alpha value is -1.54. The van der Waals surface area contributed by atoms with Crippen molar-refractivity contribution in [3.05, 3.63) is 38.6 Å². The van der Waals surface area contributed by atoms with Crippen molar-refractivity contribution >= 4 is 43.6 Å². The maximum atomic E-state index is 12.8. The number of aliphatic imine (C=N–C) groups is 1. The summed E-state index contributed by atoms with van der Waals surface area (Å²) in [7, 11) is 1.57. The fourth-order valence-corrected chi connectivity index (χ4v) is 3.34. The number of carbonyl (C=O) groups is 1. The summed E-state index contributed by atoms with van der Waals surface area (Å²) < 4.78 is 6.43. The SMILES string of the molecule is CN=C1C(=CN)O[C@H](C)CN1C(=O)c1cc(Br)c(O)c(Br)c1. The lowest BCUT2D eigenvalue weighted by Crippen LogP contribution is -2.48. The minimum Gasteiger partial charge on any atom is -0.506 e. The standard InChI is InChI=1S/C14H15Br2N3O3/c1-7-6-19(13(18-2)11(5-17)22-7)14(21)8-3-9(15)12(20)10(16)4-8/h3-5,7,20H,6,17H2,1-2H3/t7-/m1/s1. The van der Waals surface area contributed by atoms with E-state index in [1.165, 1.54) is 11.1 Å². The number of morpholine rings is 1. The first-order chi connectivity index (χ1) is 10.4. The molecule has 1 atom stereocenters. The lowest BCUT2D eigenvalue weighted by Gasteiger charge is -2.34. The predicted molar refractivity (Wildman–Crippen MR) is 90.7 cm³/mol. The number of nitrogens with two attached hydrogens (primary N) is 1. The summed E-state index contributed by atoms with van der Waals surface area (Å²) in [5, 5.41) is 9.76. The van der Waals surface area contributed by atoms with E-state index in [1.807, 2.05) is 6.92 Å². The summed E-state index contributed by atoms with van der Waals surface area (Å²) >= 11 is 6.44. The van der Waals surface area contributed by atoms with Crippen LogP contribution in [0.5, 0.6) is 5.75 Å². The van der Waals surface area contributed by atoms with E-state index in [2.05, 4.69) is 36.9 Å². The fourth-order valence-electron chi connectivity index (χ4n) is 2.15. The molecular formula is C14H15Br2N3O3. The Kier molecular flexibility index (Phi) is 5.12. The number of amidine groups is 1. The summed E-state index contributed by atoms with van der Waals surface area (Å²) in [5.74, 6) is 0.535.